The zero-order valence-electron chi connectivity index (χ0n) is 12.2. The highest BCUT2D eigenvalue weighted by atomic mass is 32.2. The van der Waals surface area contributed by atoms with Crippen molar-refractivity contribution in [2.24, 2.45) is 5.92 Å². The molecule has 0 amide bonds. The van der Waals surface area contributed by atoms with Crippen LogP contribution in [-0.4, -0.2) is 27.5 Å². The number of esters is 1. The molecule has 0 aliphatic heterocycles. The third kappa shape index (κ3) is 4.94. The molecule has 5 nitrogen and oxygen atoms in total. The number of hydrogen-bond acceptors (Lipinski definition) is 4. The van der Waals surface area contributed by atoms with E-state index in [1.165, 1.54) is 7.11 Å². The first-order valence-electron chi connectivity index (χ1n) is 6.42. The molecule has 1 unspecified atom stereocenters. The molecular weight excluding hydrogens is 278 g/mol. The molecule has 0 saturated heterocycles. The second-order valence-corrected chi connectivity index (χ2v) is 6.85. The number of carbonyl (C=O) groups is 1. The normalized spacial score (nSPS) is 13.2. The summed E-state index contributed by atoms with van der Waals surface area (Å²) < 4.78 is 31.2. The van der Waals surface area contributed by atoms with Gasteiger partial charge in [0.15, 0.2) is 0 Å². The van der Waals surface area contributed by atoms with Gasteiger partial charge in [-0.3, -0.25) is 0 Å². The number of hydrogen-bond donors (Lipinski definition) is 1. The molecule has 1 aromatic carbocycles. The number of nitrogens with one attached hydrogen (secondary N) is 1. The topological polar surface area (TPSA) is 72.5 Å². The second kappa shape index (κ2) is 6.85. The van der Waals surface area contributed by atoms with E-state index < -0.39 is 16.0 Å². The Kier molecular flexibility index (Phi) is 5.71. The molecule has 0 bridgehead atoms. The third-order valence-electron chi connectivity index (χ3n) is 3.10. The quantitative estimate of drug-likeness (QED) is 0.815. The number of rotatable bonds is 6. The van der Waals surface area contributed by atoms with Crippen molar-refractivity contribution in [3.63, 3.8) is 0 Å². The highest BCUT2D eigenvalue weighted by molar-refractivity contribution is 7.88. The van der Waals surface area contributed by atoms with Crippen LogP contribution in [0, 0.1) is 5.92 Å². The average Bonchev–Trinajstić information content (AvgIpc) is 2.37. The van der Waals surface area contributed by atoms with Crippen LogP contribution in [0.15, 0.2) is 24.3 Å². The minimum absolute atomic E-state index is 0.106. The SMILES string of the molecule is COC(=O)c1ccc(CS(=O)(=O)NC(C)C(C)C)cc1. The van der Waals surface area contributed by atoms with E-state index in [1.54, 1.807) is 24.3 Å². The molecule has 1 aromatic rings. The monoisotopic (exact) mass is 299 g/mol. The van der Waals surface area contributed by atoms with Crippen molar-refractivity contribution in [3.05, 3.63) is 35.4 Å². The fourth-order valence-electron chi connectivity index (χ4n) is 1.54. The van der Waals surface area contributed by atoms with Gasteiger partial charge in [-0.25, -0.2) is 17.9 Å². The maximum absolute atomic E-state index is 12.0. The summed E-state index contributed by atoms with van der Waals surface area (Å²) in [4.78, 5) is 11.3. The van der Waals surface area contributed by atoms with Crippen LogP contribution in [0.5, 0.6) is 0 Å². The van der Waals surface area contributed by atoms with E-state index in [9.17, 15) is 13.2 Å². The molecule has 20 heavy (non-hydrogen) atoms. The number of methoxy groups -OCH3 is 1. The smallest absolute Gasteiger partial charge is 0.337 e. The number of benzene rings is 1. The van der Waals surface area contributed by atoms with Gasteiger partial charge in [-0.1, -0.05) is 26.0 Å². The van der Waals surface area contributed by atoms with Crippen molar-refractivity contribution in [2.45, 2.75) is 32.6 Å². The van der Waals surface area contributed by atoms with Crippen LogP contribution in [0.25, 0.3) is 0 Å². The van der Waals surface area contributed by atoms with E-state index in [2.05, 4.69) is 9.46 Å². The van der Waals surface area contributed by atoms with E-state index in [0.29, 0.717) is 11.1 Å². The van der Waals surface area contributed by atoms with E-state index >= 15 is 0 Å². The fraction of sp³-hybridized carbons (Fsp3) is 0.500. The lowest BCUT2D eigenvalue weighted by Crippen LogP contribution is -2.36. The molecule has 0 aromatic heterocycles. The van der Waals surface area contributed by atoms with Crippen LogP contribution in [0.4, 0.5) is 0 Å². The summed E-state index contributed by atoms with van der Waals surface area (Å²) in [7, 11) is -2.08. The van der Waals surface area contributed by atoms with Crippen molar-refractivity contribution in [1.29, 1.82) is 0 Å². The van der Waals surface area contributed by atoms with Crippen molar-refractivity contribution in [3.8, 4) is 0 Å². The zero-order valence-corrected chi connectivity index (χ0v) is 13.0. The van der Waals surface area contributed by atoms with E-state index in [0.717, 1.165) is 0 Å². The van der Waals surface area contributed by atoms with Gasteiger partial charge in [-0.15, -0.1) is 0 Å². The van der Waals surface area contributed by atoms with Gasteiger partial charge in [-0.05, 0) is 30.5 Å². The minimum atomic E-state index is -3.38. The Morgan fingerprint density at radius 3 is 2.20 bits per heavy atom. The van der Waals surface area contributed by atoms with Gasteiger partial charge in [0, 0.05) is 6.04 Å². The predicted molar refractivity (Wildman–Crippen MR) is 77.8 cm³/mol. The Labute approximate surface area is 120 Å². The molecule has 1 rings (SSSR count). The molecule has 0 heterocycles. The molecule has 0 fully saturated rings. The lowest BCUT2D eigenvalue weighted by molar-refractivity contribution is 0.0600. The molecule has 1 N–H and O–H groups in total. The number of ether oxygens (including phenoxy) is 1. The van der Waals surface area contributed by atoms with Crippen molar-refractivity contribution in [2.75, 3.05) is 7.11 Å². The van der Waals surface area contributed by atoms with Crippen molar-refractivity contribution >= 4 is 16.0 Å². The van der Waals surface area contributed by atoms with Crippen LogP contribution >= 0.6 is 0 Å². The first-order valence-corrected chi connectivity index (χ1v) is 8.07. The van der Waals surface area contributed by atoms with Gasteiger partial charge < -0.3 is 4.74 Å². The Hall–Kier alpha value is -1.40. The number of carbonyl (C=O) groups excluding carboxylic acids is 1. The van der Waals surface area contributed by atoms with Gasteiger partial charge in [0.1, 0.15) is 0 Å². The average molecular weight is 299 g/mol. The Morgan fingerprint density at radius 1 is 1.20 bits per heavy atom. The Bertz CT molecular complexity index is 549. The maximum atomic E-state index is 12.0. The van der Waals surface area contributed by atoms with Gasteiger partial charge >= 0.3 is 5.97 Å². The van der Waals surface area contributed by atoms with Gasteiger partial charge in [0.2, 0.25) is 10.0 Å². The minimum Gasteiger partial charge on any atom is -0.465 e. The molecule has 6 heteroatoms. The summed E-state index contributed by atoms with van der Waals surface area (Å²) in [5.41, 5.74) is 1.03. The number of sulfonamides is 1. The van der Waals surface area contributed by atoms with E-state index in [4.69, 9.17) is 0 Å². The van der Waals surface area contributed by atoms with Crippen molar-refractivity contribution in [1.82, 2.24) is 4.72 Å². The van der Waals surface area contributed by atoms with Crippen LogP contribution in [0.3, 0.4) is 0 Å². The molecule has 1 atom stereocenters. The largest absolute Gasteiger partial charge is 0.465 e. The highest BCUT2D eigenvalue weighted by Crippen LogP contribution is 2.10. The third-order valence-corrected chi connectivity index (χ3v) is 4.54. The van der Waals surface area contributed by atoms with Crippen LogP contribution in [0.1, 0.15) is 36.7 Å². The molecule has 0 saturated carbocycles. The molecule has 0 radical (unpaired) electrons. The van der Waals surface area contributed by atoms with Gasteiger partial charge in [0.05, 0.1) is 18.4 Å². The predicted octanol–water partition coefficient (Wildman–Crippen LogP) is 1.94. The lowest BCUT2D eigenvalue weighted by atomic mass is 10.1. The molecule has 112 valence electrons. The lowest BCUT2D eigenvalue weighted by Gasteiger charge is -2.17. The van der Waals surface area contributed by atoms with Crippen LogP contribution in [-0.2, 0) is 20.5 Å². The Morgan fingerprint density at radius 2 is 1.75 bits per heavy atom. The highest BCUT2D eigenvalue weighted by Gasteiger charge is 2.17. The van der Waals surface area contributed by atoms with Crippen LogP contribution < -0.4 is 4.72 Å². The zero-order chi connectivity index (χ0) is 15.3. The summed E-state index contributed by atoms with van der Waals surface area (Å²) in [6.45, 7) is 5.75. The molecule has 0 aliphatic rings. The van der Waals surface area contributed by atoms with Gasteiger partial charge in [-0.2, -0.15) is 0 Å². The molecule has 0 spiro atoms. The fourth-order valence-corrected chi connectivity index (χ4v) is 3.09. The summed E-state index contributed by atoms with van der Waals surface area (Å²) >= 11 is 0. The summed E-state index contributed by atoms with van der Waals surface area (Å²) in [5, 5.41) is 0. The van der Waals surface area contributed by atoms with E-state index in [-0.39, 0.29) is 17.7 Å². The van der Waals surface area contributed by atoms with E-state index in [1.807, 2.05) is 20.8 Å². The first kappa shape index (κ1) is 16.7. The molecule has 0 aliphatic carbocycles. The summed E-state index contributed by atoms with van der Waals surface area (Å²) in [6, 6.07) is 6.23. The Balaban J connectivity index is 2.75. The maximum Gasteiger partial charge on any atom is 0.337 e. The standard InChI is InChI=1S/C14H21NO4S/c1-10(2)11(3)15-20(17,18)9-12-5-7-13(8-6-12)14(16)19-4/h5-8,10-11,15H,9H2,1-4H3. The van der Waals surface area contributed by atoms with Gasteiger partial charge in [0.25, 0.3) is 0 Å². The molecular formula is C14H21NO4S. The first-order chi connectivity index (χ1) is 9.25. The van der Waals surface area contributed by atoms with Crippen LogP contribution in [0.2, 0.25) is 0 Å². The summed E-state index contributed by atoms with van der Waals surface area (Å²) in [5.74, 6) is -0.316. The second-order valence-electron chi connectivity index (χ2n) is 5.10. The summed E-state index contributed by atoms with van der Waals surface area (Å²) in [6.07, 6.45) is 0. The van der Waals surface area contributed by atoms with Crippen molar-refractivity contribution < 1.29 is 17.9 Å².